The van der Waals surface area contributed by atoms with Gasteiger partial charge in [-0.3, -0.25) is 14.5 Å². The van der Waals surface area contributed by atoms with Crippen LogP contribution in [-0.4, -0.2) is 56.8 Å². The molecular weight excluding hydrogens is 390 g/mol. The number of imidazole rings is 1. The Morgan fingerprint density at radius 3 is 2.72 bits per heavy atom. The number of para-hydroxylation sites is 2. The summed E-state index contributed by atoms with van der Waals surface area (Å²) in [6, 6.07) is 7.15. The predicted molar refractivity (Wildman–Crippen MR) is 114 cm³/mol. The topological polar surface area (TPSA) is 107 Å². The van der Waals surface area contributed by atoms with Gasteiger partial charge in [-0.2, -0.15) is 11.8 Å². The maximum absolute atomic E-state index is 12.5. The normalized spacial score (nSPS) is 16.9. The number of rotatable bonds is 9. The Kier molecular flexibility index (Phi) is 6.46. The van der Waals surface area contributed by atoms with Crippen LogP contribution in [0.3, 0.4) is 0 Å². The van der Waals surface area contributed by atoms with Gasteiger partial charge < -0.3 is 15.6 Å². The van der Waals surface area contributed by atoms with Gasteiger partial charge in [-0.1, -0.05) is 12.1 Å². The number of aromatic amines is 1. The molecule has 2 aromatic rings. The lowest BCUT2D eigenvalue weighted by atomic mass is 10.1. The van der Waals surface area contributed by atoms with Gasteiger partial charge in [0, 0.05) is 13.0 Å². The monoisotopic (exact) mass is 417 g/mol. The van der Waals surface area contributed by atoms with E-state index in [2.05, 4.69) is 20.6 Å². The van der Waals surface area contributed by atoms with Crippen LogP contribution in [0, 0.1) is 0 Å². The molecule has 1 fully saturated rings. The minimum Gasteiger partial charge on any atom is -0.346 e. The molecule has 1 atom stereocenters. The van der Waals surface area contributed by atoms with Crippen molar-refractivity contribution in [3.8, 4) is 0 Å². The summed E-state index contributed by atoms with van der Waals surface area (Å²) in [6.45, 7) is 3.56. The molecule has 0 radical (unpaired) electrons. The van der Waals surface area contributed by atoms with Gasteiger partial charge >= 0.3 is 6.03 Å². The van der Waals surface area contributed by atoms with Crippen LogP contribution in [0.2, 0.25) is 0 Å². The summed E-state index contributed by atoms with van der Waals surface area (Å²) in [5.41, 5.74) is 0.919. The summed E-state index contributed by atoms with van der Waals surface area (Å²) in [4.78, 5) is 45.7. The van der Waals surface area contributed by atoms with Gasteiger partial charge in [0.2, 0.25) is 5.91 Å². The van der Waals surface area contributed by atoms with Crippen LogP contribution in [0.15, 0.2) is 24.3 Å². The van der Waals surface area contributed by atoms with Gasteiger partial charge in [0.1, 0.15) is 11.4 Å². The van der Waals surface area contributed by atoms with Gasteiger partial charge in [-0.25, -0.2) is 9.78 Å². The van der Waals surface area contributed by atoms with Crippen LogP contribution in [0.1, 0.15) is 45.0 Å². The third kappa shape index (κ3) is 4.90. The molecule has 3 N–H and O–H groups in total. The molecule has 4 amide bonds. The van der Waals surface area contributed by atoms with Crippen molar-refractivity contribution in [1.29, 1.82) is 0 Å². The van der Waals surface area contributed by atoms with Crippen LogP contribution in [-0.2, 0) is 9.59 Å². The molecule has 9 heteroatoms. The minimum absolute atomic E-state index is 0.122. The summed E-state index contributed by atoms with van der Waals surface area (Å²) in [6.07, 6.45) is 3.43. The number of urea groups is 1. The van der Waals surface area contributed by atoms with Crippen LogP contribution in [0.25, 0.3) is 11.0 Å². The average molecular weight is 418 g/mol. The van der Waals surface area contributed by atoms with Gasteiger partial charge in [0.15, 0.2) is 0 Å². The fourth-order valence-corrected chi connectivity index (χ4v) is 3.81. The fraction of sp³-hybridized carbons (Fsp3) is 0.500. The maximum atomic E-state index is 12.5. The molecule has 3 rings (SSSR count). The first kappa shape index (κ1) is 21.2. The van der Waals surface area contributed by atoms with E-state index in [4.69, 9.17) is 0 Å². The smallest absolute Gasteiger partial charge is 0.325 e. The van der Waals surface area contributed by atoms with E-state index in [1.165, 1.54) is 4.90 Å². The molecule has 1 saturated heterocycles. The van der Waals surface area contributed by atoms with Crippen molar-refractivity contribution in [2.45, 2.75) is 44.7 Å². The molecule has 0 saturated carbocycles. The number of carbonyl (C=O) groups is 3. The summed E-state index contributed by atoms with van der Waals surface area (Å²) < 4.78 is 0. The quantitative estimate of drug-likeness (QED) is 0.544. The molecular formula is C20H27N5O3S. The Morgan fingerprint density at radius 1 is 1.31 bits per heavy atom. The Labute approximate surface area is 174 Å². The van der Waals surface area contributed by atoms with E-state index in [1.54, 1.807) is 25.6 Å². The van der Waals surface area contributed by atoms with Gasteiger partial charge in [-0.05, 0) is 50.8 Å². The van der Waals surface area contributed by atoms with E-state index >= 15 is 0 Å². The standard InChI is InChI=1S/C20H27N5O3S/c1-20(2)18(27)25(19(28)24-20)11-6-9-16(26)21-15(10-12-29-3)17-22-13-7-4-5-8-14(13)23-17/h4-5,7-8,15H,6,9-12H2,1-3H3,(H,21,26)(H,22,23)(H,24,28)/t15-/m1/s1. The highest BCUT2D eigenvalue weighted by atomic mass is 32.2. The summed E-state index contributed by atoms with van der Waals surface area (Å²) in [5.74, 6) is 1.25. The largest absolute Gasteiger partial charge is 0.346 e. The third-order valence-corrected chi connectivity index (χ3v) is 5.56. The second kappa shape index (κ2) is 8.86. The maximum Gasteiger partial charge on any atom is 0.325 e. The van der Waals surface area contributed by atoms with Crippen molar-refractivity contribution in [2.75, 3.05) is 18.6 Å². The van der Waals surface area contributed by atoms with Crippen LogP contribution in [0.5, 0.6) is 0 Å². The van der Waals surface area contributed by atoms with Gasteiger partial charge in [0.25, 0.3) is 5.91 Å². The molecule has 1 aromatic carbocycles. The first-order valence-corrected chi connectivity index (χ1v) is 11.1. The molecule has 1 aliphatic heterocycles. The number of imide groups is 1. The number of hydrogen-bond donors (Lipinski definition) is 3. The summed E-state index contributed by atoms with van der Waals surface area (Å²) >= 11 is 1.71. The van der Waals surface area contributed by atoms with E-state index in [1.807, 2.05) is 30.5 Å². The molecule has 0 unspecified atom stereocenters. The van der Waals surface area contributed by atoms with Crippen molar-refractivity contribution in [1.82, 2.24) is 25.5 Å². The average Bonchev–Trinajstić information content (AvgIpc) is 3.18. The Balaban J connectivity index is 1.57. The highest BCUT2D eigenvalue weighted by Crippen LogP contribution is 2.21. The lowest BCUT2D eigenvalue weighted by Crippen LogP contribution is -2.40. The zero-order valence-electron chi connectivity index (χ0n) is 16.9. The van der Waals surface area contributed by atoms with Crippen molar-refractivity contribution in [3.63, 3.8) is 0 Å². The van der Waals surface area contributed by atoms with Crippen LogP contribution >= 0.6 is 11.8 Å². The Morgan fingerprint density at radius 2 is 2.07 bits per heavy atom. The van der Waals surface area contributed by atoms with E-state index < -0.39 is 11.6 Å². The molecule has 1 aliphatic rings. The molecule has 1 aromatic heterocycles. The first-order valence-electron chi connectivity index (χ1n) is 9.69. The second-order valence-electron chi connectivity index (χ2n) is 7.66. The van der Waals surface area contributed by atoms with Crippen molar-refractivity contribution in [3.05, 3.63) is 30.1 Å². The van der Waals surface area contributed by atoms with Crippen molar-refractivity contribution < 1.29 is 14.4 Å². The zero-order valence-corrected chi connectivity index (χ0v) is 17.8. The first-order chi connectivity index (χ1) is 13.8. The molecule has 2 heterocycles. The number of carbonyl (C=O) groups excluding carboxylic acids is 3. The van der Waals surface area contributed by atoms with Crippen molar-refractivity contribution in [2.24, 2.45) is 0 Å². The number of aromatic nitrogens is 2. The number of H-pyrrole nitrogens is 1. The van der Waals surface area contributed by atoms with Crippen LogP contribution in [0.4, 0.5) is 4.79 Å². The Bertz CT molecular complexity index is 877. The van der Waals surface area contributed by atoms with Gasteiger partial charge in [0.05, 0.1) is 17.1 Å². The van der Waals surface area contributed by atoms with E-state index in [0.29, 0.717) is 6.42 Å². The van der Waals surface area contributed by atoms with E-state index in [-0.39, 0.29) is 30.8 Å². The second-order valence-corrected chi connectivity index (χ2v) is 8.64. The zero-order chi connectivity index (χ0) is 21.0. The number of nitrogens with one attached hydrogen (secondary N) is 3. The number of nitrogens with zero attached hydrogens (tertiary/aromatic N) is 2. The predicted octanol–water partition coefficient (Wildman–Crippen LogP) is 2.58. The number of benzene rings is 1. The van der Waals surface area contributed by atoms with Crippen LogP contribution < -0.4 is 10.6 Å². The lowest BCUT2D eigenvalue weighted by molar-refractivity contribution is -0.130. The molecule has 156 valence electrons. The summed E-state index contributed by atoms with van der Waals surface area (Å²) in [5, 5.41) is 5.69. The highest BCUT2D eigenvalue weighted by molar-refractivity contribution is 7.98. The van der Waals surface area contributed by atoms with E-state index in [9.17, 15) is 14.4 Å². The summed E-state index contributed by atoms with van der Waals surface area (Å²) in [7, 11) is 0. The molecule has 0 bridgehead atoms. The van der Waals surface area contributed by atoms with E-state index in [0.717, 1.165) is 29.0 Å². The van der Waals surface area contributed by atoms with Gasteiger partial charge in [-0.15, -0.1) is 0 Å². The number of hydrogen-bond acceptors (Lipinski definition) is 5. The number of amides is 4. The lowest BCUT2D eigenvalue weighted by Gasteiger charge is -2.18. The SMILES string of the molecule is CSCC[C@@H](NC(=O)CCCN1C(=O)NC(C)(C)C1=O)c1nc2ccccc2[nH]1. The fourth-order valence-electron chi connectivity index (χ4n) is 3.34. The number of fused-ring (bicyclic) bond motifs is 1. The highest BCUT2D eigenvalue weighted by Gasteiger charge is 2.43. The molecule has 0 aliphatic carbocycles. The van der Waals surface area contributed by atoms with Crippen molar-refractivity contribution >= 4 is 40.6 Å². The minimum atomic E-state index is -0.885. The molecule has 0 spiro atoms. The third-order valence-electron chi connectivity index (χ3n) is 4.91. The molecule has 29 heavy (non-hydrogen) atoms. The number of thioether (sulfide) groups is 1. The molecule has 8 nitrogen and oxygen atoms in total. The Hall–Kier alpha value is -2.55.